The molecule has 0 saturated carbocycles. The van der Waals surface area contributed by atoms with E-state index >= 15 is 0 Å². The highest BCUT2D eigenvalue weighted by molar-refractivity contribution is 5.78. The Morgan fingerprint density at radius 3 is 2.70 bits per heavy atom. The predicted molar refractivity (Wildman–Crippen MR) is 107 cm³/mol. The largest absolute Gasteiger partial charge is 0.457 e. The van der Waals surface area contributed by atoms with Crippen LogP contribution in [0.1, 0.15) is 44.6 Å². The van der Waals surface area contributed by atoms with Crippen LogP contribution in [0, 0.1) is 0 Å². The number of carbonyl (C=O) groups is 1. The van der Waals surface area contributed by atoms with Gasteiger partial charge in [-0.1, -0.05) is 37.3 Å². The number of para-hydroxylation sites is 1. The lowest BCUT2D eigenvalue weighted by Gasteiger charge is -2.25. The van der Waals surface area contributed by atoms with Crippen molar-refractivity contribution in [2.24, 2.45) is 0 Å². The number of aliphatic hydroxyl groups is 1. The first-order valence-corrected chi connectivity index (χ1v) is 9.95. The summed E-state index contributed by atoms with van der Waals surface area (Å²) in [6.45, 7) is 2.93. The Morgan fingerprint density at radius 1 is 1.15 bits per heavy atom. The SMILES string of the molecule is CCCN1C(=O)CCC1CCC(O)Cc1cccc(Oc2ccccc2)c1. The normalized spacial score (nSPS) is 17.9. The van der Waals surface area contributed by atoms with Crippen LogP contribution in [-0.2, 0) is 11.2 Å². The standard InChI is InChI=1S/C23H29NO3/c1-2-15-24-19(12-14-23(24)26)11-13-20(25)16-18-7-6-10-22(17-18)27-21-8-4-3-5-9-21/h3-10,17,19-20,25H,2,11-16H2,1H3. The van der Waals surface area contributed by atoms with E-state index in [4.69, 9.17) is 4.74 Å². The minimum absolute atomic E-state index is 0.266. The Labute approximate surface area is 161 Å². The molecule has 1 N–H and O–H groups in total. The molecule has 2 aromatic carbocycles. The lowest BCUT2D eigenvalue weighted by molar-refractivity contribution is -0.129. The van der Waals surface area contributed by atoms with Crippen molar-refractivity contribution in [3.8, 4) is 11.5 Å². The number of nitrogens with zero attached hydrogens (tertiary/aromatic N) is 1. The van der Waals surface area contributed by atoms with Crippen LogP contribution in [-0.4, -0.2) is 34.6 Å². The van der Waals surface area contributed by atoms with E-state index in [1.165, 1.54) is 0 Å². The van der Waals surface area contributed by atoms with E-state index < -0.39 is 6.10 Å². The van der Waals surface area contributed by atoms with Gasteiger partial charge in [-0.3, -0.25) is 4.79 Å². The third-order valence-corrected chi connectivity index (χ3v) is 5.10. The molecule has 144 valence electrons. The molecule has 0 aromatic heterocycles. The van der Waals surface area contributed by atoms with E-state index in [0.717, 1.165) is 42.9 Å². The molecule has 1 aliphatic rings. The van der Waals surface area contributed by atoms with Crippen LogP contribution < -0.4 is 4.74 Å². The molecule has 2 unspecified atom stereocenters. The predicted octanol–water partition coefficient (Wildman–Crippen LogP) is 4.56. The number of ether oxygens (including phenoxy) is 1. The number of aliphatic hydroxyl groups excluding tert-OH is 1. The molecule has 0 radical (unpaired) electrons. The van der Waals surface area contributed by atoms with E-state index in [-0.39, 0.29) is 5.91 Å². The molecule has 4 nitrogen and oxygen atoms in total. The highest BCUT2D eigenvalue weighted by atomic mass is 16.5. The molecule has 3 rings (SSSR count). The zero-order chi connectivity index (χ0) is 19.1. The zero-order valence-electron chi connectivity index (χ0n) is 16.0. The second kappa shape index (κ2) is 9.56. The van der Waals surface area contributed by atoms with E-state index in [9.17, 15) is 9.90 Å². The monoisotopic (exact) mass is 367 g/mol. The molecular formula is C23H29NO3. The lowest BCUT2D eigenvalue weighted by Crippen LogP contribution is -2.34. The first-order valence-electron chi connectivity index (χ1n) is 9.95. The Kier molecular flexibility index (Phi) is 6.88. The van der Waals surface area contributed by atoms with Crippen LogP contribution in [0.4, 0.5) is 0 Å². The minimum atomic E-state index is -0.406. The Hall–Kier alpha value is -2.33. The zero-order valence-corrected chi connectivity index (χ0v) is 16.0. The molecule has 0 bridgehead atoms. The summed E-state index contributed by atoms with van der Waals surface area (Å²) in [5, 5.41) is 10.5. The molecule has 1 heterocycles. The van der Waals surface area contributed by atoms with Gasteiger partial charge in [0.2, 0.25) is 5.91 Å². The molecule has 0 spiro atoms. The Morgan fingerprint density at radius 2 is 1.93 bits per heavy atom. The fraction of sp³-hybridized carbons (Fsp3) is 0.435. The topological polar surface area (TPSA) is 49.8 Å². The number of likely N-dealkylation sites (tertiary alicyclic amines) is 1. The summed E-state index contributed by atoms with van der Waals surface area (Å²) < 4.78 is 5.87. The van der Waals surface area contributed by atoms with Gasteiger partial charge >= 0.3 is 0 Å². The molecule has 27 heavy (non-hydrogen) atoms. The summed E-state index contributed by atoms with van der Waals surface area (Å²) >= 11 is 0. The number of hydrogen-bond acceptors (Lipinski definition) is 3. The van der Waals surface area contributed by atoms with Crippen molar-refractivity contribution in [2.75, 3.05) is 6.54 Å². The molecule has 1 amide bonds. The molecule has 1 aliphatic heterocycles. The third kappa shape index (κ3) is 5.57. The first-order chi connectivity index (χ1) is 13.2. The lowest BCUT2D eigenvalue weighted by atomic mass is 10.0. The van der Waals surface area contributed by atoms with Gasteiger partial charge in [-0.2, -0.15) is 0 Å². The van der Waals surface area contributed by atoms with E-state index in [1.807, 2.05) is 59.5 Å². The highest BCUT2D eigenvalue weighted by Crippen LogP contribution is 2.25. The smallest absolute Gasteiger partial charge is 0.222 e. The Balaban J connectivity index is 1.51. The second-order valence-corrected chi connectivity index (χ2v) is 7.28. The maximum absolute atomic E-state index is 11.9. The summed E-state index contributed by atoms with van der Waals surface area (Å²) in [6.07, 6.45) is 4.33. The van der Waals surface area contributed by atoms with Crippen molar-refractivity contribution in [3.63, 3.8) is 0 Å². The van der Waals surface area contributed by atoms with Gasteiger partial charge in [0.1, 0.15) is 11.5 Å². The van der Waals surface area contributed by atoms with Crippen LogP contribution in [0.15, 0.2) is 54.6 Å². The van der Waals surface area contributed by atoms with Crippen LogP contribution in [0.2, 0.25) is 0 Å². The van der Waals surface area contributed by atoms with Crippen molar-refractivity contribution < 1.29 is 14.6 Å². The quantitative estimate of drug-likeness (QED) is 0.707. The van der Waals surface area contributed by atoms with E-state index in [1.54, 1.807) is 0 Å². The van der Waals surface area contributed by atoms with Crippen molar-refractivity contribution in [2.45, 2.75) is 57.6 Å². The number of hydrogen-bond donors (Lipinski definition) is 1. The average Bonchev–Trinajstić information content (AvgIpc) is 3.01. The van der Waals surface area contributed by atoms with E-state index in [0.29, 0.717) is 25.3 Å². The van der Waals surface area contributed by atoms with E-state index in [2.05, 4.69) is 6.92 Å². The molecule has 0 aliphatic carbocycles. The fourth-order valence-corrected chi connectivity index (χ4v) is 3.76. The summed E-state index contributed by atoms with van der Waals surface area (Å²) in [7, 11) is 0. The minimum Gasteiger partial charge on any atom is -0.457 e. The summed E-state index contributed by atoms with van der Waals surface area (Å²) in [5.41, 5.74) is 1.06. The van der Waals surface area contributed by atoms with Gasteiger partial charge in [0.15, 0.2) is 0 Å². The van der Waals surface area contributed by atoms with Gasteiger partial charge < -0.3 is 14.7 Å². The van der Waals surface area contributed by atoms with Crippen LogP contribution in [0.3, 0.4) is 0 Å². The first kappa shape index (κ1) is 19.4. The summed E-state index contributed by atoms with van der Waals surface area (Å²) in [6, 6.07) is 17.9. The van der Waals surface area contributed by atoms with Crippen molar-refractivity contribution in [3.05, 3.63) is 60.2 Å². The third-order valence-electron chi connectivity index (χ3n) is 5.10. The van der Waals surface area contributed by atoms with Crippen LogP contribution >= 0.6 is 0 Å². The number of benzene rings is 2. The van der Waals surface area contributed by atoms with Crippen molar-refractivity contribution in [1.82, 2.24) is 4.90 Å². The molecule has 1 fully saturated rings. The van der Waals surface area contributed by atoms with Crippen molar-refractivity contribution >= 4 is 5.91 Å². The number of rotatable bonds is 9. The maximum atomic E-state index is 11.9. The van der Waals surface area contributed by atoms with Gasteiger partial charge in [0, 0.05) is 19.0 Å². The maximum Gasteiger partial charge on any atom is 0.222 e. The molecule has 4 heteroatoms. The average molecular weight is 367 g/mol. The van der Waals surface area contributed by atoms with Gasteiger partial charge in [0.25, 0.3) is 0 Å². The second-order valence-electron chi connectivity index (χ2n) is 7.28. The van der Waals surface area contributed by atoms with Crippen molar-refractivity contribution in [1.29, 1.82) is 0 Å². The summed E-state index contributed by atoms with van der Waals surface area (Å²) in [4.78, 5) is 13.9. The van der Waals surface area contributed by atoms with Gasteiger partial charge in [-0.05, 0) is 61.9 Å². The molecule has 1 saturated heterocycles. The molecule has 2 aromatic rings. The summed E-state index contributed by atoms with van der Waals surface area (Å²) in [5.74, 6) is 1.85. The highest BCUT2D eigenvalue weighted by Gasteiger charge is 2.30. The number of carbonyl (C=O) groups excluding carboxylic acids is 1. The van der Waals surface area contributed by atoms with Gasteiger partial charge in [-0.25, -0.2) is 0 Å². The van der Waals surface area contributed by atoms with Crippen LogP contribution in [0.5, 0.6) is 11.5 Å². The Bertz CT molecular complexity index is 731. The number of amides is 1. The molecular weight excluding hydrogens is 338 g/mol. The fourth-order valence-electron chi connectivity index (χ4n) is 3.76. The van der Waals surface area contributed by atoms with Gasteiger partial charge in [-0.15, -0.1) is 0 Å². The molecule has 2 atom stereocenters. The van der Waals surface area contributed by atoms with Crippen LogP contribution in [0.25, 0.3) is 0 Å². The van der Waals surface area contributed by atoms with Gasteiger partial charge in [0.05, 0.1) is 6.10 Å².